The number of nitrogens with zero attached hydrogens (tertiary/aromatic N) is 2. The molecule has 0 fully saturated rings. The van der Waals surface area contributed by atoms with Crippen molar-refractivity contribution < 1.29 is 0 Å². The number of hydrogen-bond donors (Lipinski definition) is 0. The van der Waals surface area contributed by atoms with E-state index in [9.17, 15) is 0 Å². The van der Waals surface area contributed by atoms with Gasteiger partial charge in [0.2, 0.25) is 0 Å². The second kappa shape index (κ2) is 7.67. The second-order valence-electron chi connectivity index (χ2n) is 4.33. The summed E-state index contributed by atoms with van der Waals surface area (Å²) in [5.41, 5.74) is 2.12. The summed E-state index contributed by atoms with van der Waals surface area (Å²) in [4.78, 5) is 2.12. The van der Waals surface area contributed by atoms with Crippen molar-refractivity contribution in [2.24, 2.45) is 0 Å². The summed E-state index contributed by atoms with van der Waals surface area (Å²) in [6.07, 6.45) is 0.502. The zero-order valence-electron chi connectivity index (χ0n) is 11.3. The summed E-state index contributed by atoms with van der Waals surface area (Å²) in [6, 6.07) is 22.2. The molecule has 2 aromatic carbocycles. The van der Waals surface area contributed by atoms with Crippen LogP contribution in [0.25, 0.3) is 0 Å². The van der Waals surface area contributed by atoms with Crippen LogP contribution in [0.15, 0.2) is 60.7 Å². The first kappa shape index (κ1) is 13.7. The van der Waals surface area contributed by atoms with Crippen LogP contribution in [0.2, 0.25) is 0 Å². The second-order valence-corrected chi connectivity index (χ2v) is 4.33. The van der Waals surface area contributed by atoms with Gasteiger partial charge >= 0.3 is 0 Å². The number of anilines is 1. The first-order chi connectivity index (χ1) is 9.90. The van der Waals surface area contributed by atoms with Crippen molar-refractivity contribution >= 4 is 5.69 Å². The van der Waals surface area contributed by atoms with E-state index in [1.165, 1.54) is 0 Å². The average Bonchev–Trinajstić information content (AvgIpc) is 2.52. The Hall–Kier alpha value is -2.71. The molecule has 2 nitrogen and oxygen atoms in total. The van der Waals surface area contributed by atoms with Gasteiger partial charge in [-0.25, -0.2) is 0 Å². The standard InChI is InChI=1S/C18H16N2/c19-14-8-16-20(18-12-5-2-6-13-18)15-7-11-17-9-3-1-4-10-17/h1-6,9-10,12-13H,8,15-16H2. The van der Waals surface area contributed by atoms with Gasteiger partial charge in [0, 0.05) is 17.8 Å². The number of hydrogen-bond acceptors (Lipinski definition) is 2. The molecule has 0 saturated heterocycles. The number of rotatable bonds is 4. The molecule has 0 saturated carbocycles. The summed E-state index contributed by atoms with van der Waals surface area (Å²) in [7, 11) is 0. The lowest BCUT2D eigenvalue weighted by Gasteiger charge is -2.20. The quantitative estimate of drug-likeness (QED) is 0.787. The highest BCUT2D eigenvalue weighted by atomic mass is 15.1. The summed E-state index contributed by atoms with van der Waals surface area (Å²) in [6.45, 7) is 1.32. The predicted octanol–water partition coefficient (Wildman–Crippen LogP) is 3.46. The SMILES string of the molecule is N#CCCN(CC#Cc1ccccc1)c1ccccc1. The van der Waals surface area contributed by atoms with E-state index >= 15 is 0 Å². The highest BCUT2D eigenvalue weighted by Crippen LogP contribution is 2.12. The summed E-state index contributed by atoms with van der Waals surface area (Å²) < 4.78 is 0. The first-order valence-corrected chi connectivity index (χ1v) is 6.61. The van der Waals surface area contributed by atoms with Crippen LogP contribution in [0.5, 0.6) is 0 Å². The number of para-hydroxylation sites is 1. The summed E-state index contributed by atoms with van der Waals surface area (Å²) >= 11 is 0. The van der Waals surface area contributed by atoms with E-state index in [2.05, 4.69) is 22.8 Å². The van der Waals surface area contributed by atoms with E-state index in [-0.39, 0.29) is 0 Å². The van der Waals surface area contributed by atoms with Crippen LogP contribution in [-0.2, 0) is 0 Å². The third-order valence-electron chi connectivity index (χ3n) is 2.89. The van der Waals surface area contributed by atoms with Gasteiger partial charge in [0.1, 0.15) is 0 Å². The highest BCUT2D eigenvalue weighted by Gasteiger charge is 2.03. The van der Waals surface area contributed by atoms with E-state index in [4.69, 9.17) is 5.26 Å². The van der Waals surface area contributed by atoms with Gasteiger partial charge < -0.3 is 4.90 Å². The van der Waals surface area contributed by atoms with Gasteiger partial charge in [-0.2, -0.15) is 5.26 Å². The largest absolute Gasteiger partial charge is 0.359 e. The molecule has 0 aliphatic carbocycles. The van der Waals surface area contributed by atoms with Gasteiger partial charge in [-0.15, -0.1) is 0 Å². The van der Waals surface area contributed by atoms with Crippen LogP contribution in [0, 0.1) is 23.2 Å². The molecular weight excluding hydrogens is 244 g/mol. The fraction of sp³-hybridized carbons (Fsp3) is 0.167. The molecule has 2 aromatic rings. The minimum atomic E-state index is 0.502. The van der Waals surface area contributed by atoms with E-state index < -0.39 is 0 Å². The van der Waals surface area contributed by atoms with Crippen molar-refractivity contribution in [1.29, 1.82) is 5.26 Å². The summed E-state index contributed by atoms with van der Waals surface area (Å²) in [5.74, 6) is 6.32. The molecule has 0 heterocycles. The zero-order valence-corrected chi connectivity index (χ0v) is 11.3. The molecule has 0 spiro atoms. The summed E-state index contributed by atoms with van der Waals surface area (Å²) in [5, 5.41) is 8.75. The minimum Gasteiger partial charge on any atom is -0.359 e. The smallest absolute Gasteiger partial charge is 0.0798 e. The van der Waals surface area contributed by atoms with Crippen molar-refractivity contribution in [3.63, 3.8) is 0 Å². The van der Waals surface area contributed by atoms with Gasteiger partial charge in [0.05, 0.1) is 19.0 Å². The van der Waals surface area contributed by atoms with Gasteiger partial charge in [-0.1, -0.05) is 48.2 Å². The Morgan fingerprint density at radius 2 is 1.55 bits per heavy atom. The Bertz CT molecular complexity index is 615. The number of nitriles is 1. The van der Waals surface area contributed by atoms with E-state index in [0.717, 1.165) is 11.3 Å². The molecule has 0 bridgehead atoms. The van der Waals surface area contributed by atoms with Crippen LogP contribution in [0.4, 0.5) is 5.69 Å². The van der Waals surface area contributed by atoms with Crippen LogP contribution in [-0.4, -0.2) is 13.1 Å². The van der Waals surface area contributed by atoms with Gasteiger partial charge in [-0.05, 0) is 24.3 Å². The van der Waals surface area contributed by atoms with E-state index in [1.54, 1.807) is 0 Å². The Labute approximate surface area is 120 Å². The lowest BCUT2D eigenvalue weighted by atomic mass is 10.2. The van der Waals surface area contributed by atoms with Gasteiger partial charge in [0.25, 0.3) is 0 Å². The molecule has 0 aliphatic rings. The molecular formula is C18H16N2. The molecule has 98 valence electrons. The molecule has 0 radical (unpaired) electrons. The lowest BCUT2D eigenvalue weighted by molar-refractivity contribution is 0.867. The molecule has 0 aromatic heterocycles. The third kappa shape index (κ3) is 4.19. The maximum Gasteiger partial charge on any atom is 0.0798 e. The minimum absolute atomic E-state index is 0.502. The van der Waals surface area contributed by atoms with Gasteiger partial charge in [0.15, 0.2) is 0 Å². The molecule has 2 heteroatoms. The lowest BCUT2D eigenvalue weighted by Crippen LogP contribution is -2.24. The topological polar surface area (TPSA) is 27.0 Å². The molecule has 0 unspecified atom stereocenters. The predicted molar refractivity (Wildman–Crippen MR) is 82.2 cm³/mol. The molecule has 0 atom stereocenters. The molecule has 20 heavy (non-hydrogen) atoms. The van der Waals surface area contributed by atoms with Crippen LogP contribution in [0.1, 0.15) is 12.0 Å². The highest BCUT2D eigenvalue weighted by molar-refractivity contribution is 5.48. The van der Waals surface area contributed by atoms with Crippen molar-refractivity contribution in [2.45, 2.75) is 6.42 Å². The van der Waals surface area contributed by atoms with Crippen molar-refractivity contribution in [2.75, 3.05) is 18.0 Å². The molecule has 0 amide bonds. The number of benzene rings is 2. The van der Waals surface area contributed by atoms with Crippen molar-refractivity contribution in [1.82, 2.24) is 0 Å². The maximum absolute atomic E-state index is 8.75. The third-order valence-corrected chi connectivity index (χ3v) is 2.89. The van der Waals surface area contributed by atoms with Crippen LogP contribution >= 0.6 is 0 Å². The normalized spacial score (nSPS) is 9.15. The Balaban J connectivity index is 2.06. The molecule has 0 N–H and O–H groups in total. The van der Waals surface area contributed by atoms with Crippen molar-refractivity contribution in [3.8, 4) is 17.9 Å². The Kier molecular flexibility index (Phi) is 5.26. The van der Waals surface area contributed by atoms with Crippen molar-refractivity contribution in [3.05, 3.63) is 66.2 Å². The fourth-order valence-electron chi connectivity index (χ4n) is 1.88. The van der Waals surface area contributed by atoms with Crippen LogP contribution < -0.4 is 4.90 Å². The molecule has 2 rings (SSSR count). The maximum atomic E-state index is 8.75. The van der Waals surface area contributed by atoms with E-state index in [1.807, 2.05) is 60.7 Å². The average molecular weight is 260 g/mol. The fourth-order valence-corrected chi connectivity index (χ4v) is 1.88. The van der Waals surface area contributed by atoms with Gasteiger partial charge in [-0.3, -0.25) is 0 Å². The first-order valence-electron chi connectivity index (χ1n) is 6.61. The van der Waals surface area contributed by atoms with Crippen LogP contribution in [0.3, 0.4) is 0 Å². The Morgan fingerprint density at radius 1 is 0.900 bits per heavy atom. The molecule has 0 aliphatic heterocycles. The monoisotopic (exact) mass is 260 g/mol. The zero-order chi connectivity index (χ0) is 14.0. The Morgan fingerprint density at radius 3 is 2.20 bits per heavy atom. The van der Waals surface area contributed by atoms with E-state index in [0.29, 0.717) is 19.5 Å².